The highest BCUT2D eigenvalue weighted by Crippen LogP contribution is 2.24. The van der Waals surface area contributed by atoms with Crippen molar-refractivity contribution in [3.63, 3.8) is 0 Å². The van der Waals surface area contributed by atoms with E-state index in [0.29, 0.717) is 6.04 Å². The molecule has 2 aliphatic heterocycles. The standard InChI is InChI=1S/C23H34N6S/c1-2-24-22(25-13-12-20-18-30-23(27-20)28-14-6-7-15-28)26-19-9-8-16-29(17-19)21-10-4-3-5-11-21/h3-5,10-11,18-19H,2,6-9,12-17H2,1H3,(H2,24,25,26). The Labute approximate surface area is 184 Å². The number of piperidine rings is 1. The van der Waals surface area contributed by atoms with Crippen LogP contribution >= 0.6 is 11.3 Å². The number of aromatic nitrogens is 1. The summed E-state index contributed by atoms with van der Waals surface area (Å²) < 4.78 is 0. The highest BCUT2D eigenvalue weighted by molar-refractivity contribution is 7.13. The molecule has 6 nitrogen and oxygen atoms in total. The van der Waals surface area contributed by atoms with Crippen molar-refractivity contribution in [1.29, 1.82) is 0 Å². The van der Waals surface area contributed by atoms with Gasteiger partial charge >= 0.3 is 0 Å². The van der Waals surface area contributed by atoms with Gasteiger partial charge in [0.15, 0.2) is 11.1 Å². The van der Waals surface area contributed by atoms with Gasteiger partial charge in [0.05, 0.1) is 5.69 Å². The van der Waals surface area contributed by atoms with Gasteiger partial charge in [0.25, 0.3) is 0 Å². The Kier molecular flexibility index (Phi) is 7.45. The van der Waals surface area contributed by atoms with Crippen LogP contribution in [0.4, 0.5) is 10.8 Å². The third kappa shape index (κ3) is 5.65. The van der Waals surface area contributed by atoms with Gasteiger partial charge < -0.3 is 20.4 Å². The van der Waals surface area contributed by atoms with Crippen LogP contribution in [0.3, 0.4) is 0 Å². The van der Waals surface area contributed by atoms with E-state index in [4.69, 9.17) is 9.98 Å². The van der Waals surface area contributed by atoms with Crippen molar-refractivity contribution < 1.29 is 0 Å². The molecule has 162 valence electrons. The quantitative estimate of drug-likeness (QED) is 0.524. The maximum atomic E-state index is 4.83. The van der Waals surface area contributed by atoms with E-state index in [1.165, 1.54) is 36.5 Å². The average molecular weight is 427 g/mol. The number of benzene rings is 1. The molecule has 2 fully saturated rings. The third-order valence-corrected chi connectivity index (χ3v) is 6.73. The van der Waals surface area contributed by atoms with Crippen molar-refractivity contribution >= 4 is 28.1 Å². The summed E-state index contributed by atoms with van der Waals surface area (Å²) >= 11 is 1.77. The van der Waals surface area contributed by atoms with Gasteiger partial charge in [0, 0.05) is 62.8 Å². The fourth-order valence-electron chi connectivity index (χ4n) is 4.23. The molecule has 0 amide bonds. The van der Waals surface area contributed by atoms with Crippen molar-refractivity contribution in [2.24, 2.45) is 4.99 Å². The van der Waals surface area contributed by atoms with E-state index in [1.807, 2.05) is 0 Å². The van der Waals surface area contributed by atoms with Crippen LogP contribution in [0.5, 0.6) is 0 Å². The molecule has 30 heavy (non-hydrogen) atoms. The first kappa shape index (κ1) is 21.0. The summed E-state index contributed by atoms with van der Waals surface area (Å²) in [5.41, 5.74) is 2.47. The van der Waals surface area contributed by atoms with Crippen LogP contribution < -0.4 is 20.4 Å². The number of rotatable bonds is 7. The predicted molar refractivity (Wildman–Crippen MR) is 128 cm³/mol. The molecule has 1 aromatic carbocycles. The summed E-state index contributed by atoms with van der Waals surface area (Å²) in [4.78, 5) is 14.5. The van der Waals surface area contributed by atoms with Gasteiger partial charge in [0.2, 0.25) is 0 Å². The molecule has 7 heteroatoms. The highest BCUT2D eigenvalue weighted by atomic mass is 32.1. The van der Waals surface area contributed by atoms with Crippen molar-refractivity contribution in [2.45, 2.75) is 45.1 Å². The van der Waals surface area contributed by atoms with Gasteiger partial charge in [-0.15, -0.1) is 11.3 Å². The first-order valence-corrected chi connectivity index (χ1v) is 12.2. The SMILES string of the molecule is CCNC(=NCCc1csc(N2CCCC2)n1)NC1CCCN(c2ccccc2)C1. The summed E-state index contributed by atoms with van der Waals surface area (Å²) in [5, 5.41) is 10.5. The van der Waals surface area contributed by atoms with Crippen LogP contribution in [-0.2, 0) is 6.42 Å². The first-order valence-electron chi connectivity index (χ1n) is 11.4. The van der Waals surface area contributed by atoms with Crippen molar-refractivity contribution in [3.8, 4) is 0 Å². The second-order valence-electron chi connectivity index (χ2n) is 8.09. The molecule has 4 rings (SSSR count). The number of aliphatic imine (C=N–C) groups is 1. The lowest BCUT2D eigenvalue weighted by molar-refractivity contribution is 0.468. The van der Waals surface area contributed by atoms with Gasteiger partial charge in [-0.25, -0.2) is 4.98 Å². The number of para-hydroxylation sites is 1. The molecule has 0 bridgehead atoms. The lowest BCUT2D eigenvalue weighted by Crippen LogP contribution is -2.51. The summed E-state index contributed by atoms with van der Waals surface area (Å²) in [5.74, 6) is 0.924. The molecular formula is C23H34N6S. The Hall–Kier alpha value is -2.28. The minimum Gasteiger partial charge on any atom is -0.369 e. The highest BCUT2D eigenvalue weighted by Gasteiger charge is 2.21. The number of anilines is 2. The van der Waals surface area contributed by atoms with Gasteiger partial charge in [-0.1, -0.05) is 18.2 Å². The Morgan fingerprint density at radius 2 is 1.93 bits per heavy atom. The topological polar surface area (TPSA) is 55.8 Å². The monoisotopic (exact) mass is 426 g/mol. The normalized spacial score (nSPS) is 19.9. The third-order valence-electron chi connectivity index (χ3n) is 5.78. The lowest BCUT2D eigenvalue weighted by Gasteiger charge is -2.35. The van der Waals surface area contributed by atoms with Crippen LogP contribution in [-0.4, -0.2) is 56.3 Å². The zero-order chi connectivity index (χ0) is 20.6. The molecule has 1 aromatic heterocycles. The van der Waals surface area contributed by atoms with Gasteiger partial charge in [-0.05, 0) is 44.7 Å². The van der Waals surface area contributed by atoms with Crippen molar-refractivity contribution in [2.75, 3.05) is 49.1 Å². The molecule has 0 radical (unpaired) electrons. The molecule has 1 unspecified atom stereocenters. The molecule has 3 heterocycles. The summed E-state index contributed by atoms with van der Waals surface area (Å²) in [6.07, 6.45) is 5.85. The number of hydrogen-bond acceptors (Lipinski definition) is 5. The van der Waals surface area contributed by atoms with Crippen LogP contribution in [0.2, 0.25) is 0 Å². The second-order valence-corrected chi connectivity index (χ2v) is 8.93. The Morgan fingerprint density at radius 1 is 1.13 bits per heavy atom. The smallest absolute Gasteiger partial charge is 0.191 e. The molecule has 0 spiro atoms. The average Bonchev–Trinajstić information content (AvgIpc) is 3.47. The Bertz CT molecular complexity index is 799. The largest absolute Gasteiger partial charge is 0.369 e. The van der Waals surface area contributed by atoms with E-state index in [1.54, 1.807) is 11.3 Å². The number of nitrogens with zero attached hydrogens (tertiary/aromatic N) is 4. The molecule has 2 N–H and O–H groups in total. The fourth-order valence-corrected chi connectivity index (χ4v) is 5.14. The zero-order valence-electron chi connectivity index (χ0n) is 18.0. The molecular weight excluding hydrogens is 392 g/mol. The Morgan fingerprint density at radius 3 is 2.73 bits per heavy atom. The van der Waals surface area contributed by atoms with Gasteiger partial charge in [0.1, 0.15) is 0 Å². The maximum Gasteiger partial charge on any atom is 0.191 e. The summed E-state index contributed by atoms with van der Waals surface area (Å²) in [6.45, 7) is 8.20. The summed E-state index contributed by atoms with van der Waals surface area (Å²) in [7, 11) is 0. The number of guanidine groups is 1. The molecule has 1 atom stereocenters. The Balaban J connectivity index is 1.30. The maximum absolute atomic E-state index is 4.83. The van der Waals surface area contributed by atoms with E-state index < -0.39 is 0 Å². The minimum absolute atomic E-state index is 0.415. The van der Waals surface area contributed by atoms with E-state index in [-0.39, 0.29) is 0 Å². The summed E-state index contributed by atoms with van der Waals surface area (Å²) in [6, 6.07) is 11.1. The van der Waals surface area contributed by atoms with Crippen molar-refractivity contribution in [1.82, 2.24) is 15.6 Å². The number of hydrogen-bond donors (Lipinski definition) is 2. The van der Waals surface area contributed by atoms with Crippen LogP contribution in [0.25, 0.3) is 0 Å². The number of nitrogens with one attached hydrogen (secondary N) is 2. The van der Waals surface area contributed by atoms with E-state index in [0.717, 1.165) is 57.3 Å². The van der Waals surface area contributed by atoms with Gasteiger partial charge in [-0.3, -0.25) is 4.99 Å². The van der Waals surface area contributed by atoms with E-state index in [2.05, 4.69) is 63.1 Å². The minimum atomic E-state index is 0.415. The number of thiazole rings is 1. The van der Waals surface area contributed by atoms with E-state index in [9.17, 15) is 0 Å². The molecule has 2 saturated heterocycles. The van der Waals surface area contributed by atoms with Crippen LogP contribution in [0.1, 0.15) is 38.3 Å². The fraction of sp³-hybridized carbons (Fsp3) is 0.565. The first-order chi connectivity index (χ1) is 14.8. The molecule has 2 aromatic rings. The van der Waals surface area contributed by atoms with E-state index >= 15 is 0 Å². The molecule has 0 saturated carbocycles. The molecule has 2 aliphatic rings. The van der Waals surface area contributed by atoms with Gasteiger partial charge in [-0.2, -0.15) is 0 Å². The van der Waals surface area contributed by atoms with Crippen LogP contribution in [0.15, 0.2) is 40.7 Å². The lowest BCUT2D eigenvalue weighted by atomic mass is 10.1. The second kappa shape index (κ2) is 10.7. The molecule has 0 aliphatic carbocycles. The predicted octanol–water partition coefficient (Wildman–Crippen LogP) is 3.51. The van der Waals surface area contributed by atoms with Crippen molar-refractivity contribution in [3.05, 3.63) is 41.4 Å². The van der Waals surface area contributed by atoms with Crippen LogP contribution in [0, 0.1) is 0 Å². The zero-order valence-corrected chi connectivity index (χ0v) is 18.8.